The standard InChI is InChI=1S/C15H19N7O2S.C8H10/c1-11-19-20-15(25-11)18-14(24)17-10-13(23)22-8-6-21(7-9-22)12-4-2-3-5-16-12;1-2-8-6-4-3-5-7-8/h2-5,19H,1,6-10H2,(H2,17,18,20,24);3-7H,2H2,1H3. The van der Waals surface area contributed by atoms with E-state index < -0.39 is 6.03 Å². The topological polar surface area (TPSA) is 102 Å². The van der Waals surface area contributed by atoms with Crippen LogP contribution in [0, 0.1) is 0 Å². The van der Waals surface area contributed by atoms with E-state index in [2.05, 4.69) is 68.8 Å². The van der Waals surface area contributed by atoms with Crippen molar-refractivity contribution >= 4 is 34.7 Å². The Morgan fingerprint density at radius 1 is 1.09 bits per heavy atom. The molecule has 1 aromatic heterocycles. The van der Waals surface area contributed by atoms with Gasteiger partial charge in [0.25, 0.3) is 0 Å². The van der Waals surface area contributed by atoms with Crippen molar-refractivity contribution in [3.63, 3.8) is 0 Å². The van der Waals surface area contributed by atoms with Gasteiger partial charge >= 0.3 is 6.03 Å². The molecule has 2 aliphatic heterocycles. The van der Waals surface area contributed by atoms with E-state index in [1.165, 1.54) is 17.3 Å². The van der Waals surface area contributed by atoms with E-state index in [1.807, 2.05) is 24.3 Å². The fourth-order valence-electron chi connectivity index (χ4n) is 3.18. The zero-order valence-electron chi connectivity index (χ0n) is 18.7. The Morgan fingerprint density at radius 2 is 1.82 bits per heavy atom. The molecule has 10 heteroatoms. The SMILES string of the molecule is C=C1NN=C(NC(=O)NCC(=O)N2CCN(c3ccccn3)CC2)S1.CCc1ccccc1. The highest BCUT2D eigenvalue weighted by molar-refractivity contribution is 8.17. The normalized spacial score (nSPS) is 15.1. The first-order valence-corrected chi connectivity index (χ1v) is 11.6. The van der Waals surface area contributed by atoms with Crippen molar-refractivity contribution in [2.24, 2.45) is 5.10 Å². The van der Waals surface area contributed by atoms with Gasteiger partial charge < -0.3 is 15.1 Å². The number of thioether (sulfide) groups is 1. The van der Waals surface area contributed by atoms with Gasteiger partial charge in [-0.05, 0) is 35.9 Å². The highest BCUT2D eigenvalue weighted by Crippen LogP contribution is 2.16. The minimum Gasteiger partial charge on any atom is -0.353 e. The molecular weight excluding hydrogens is 438 g/mol. The van der Waals surface area contributed by atoms with Gasteiger partial charge in [-0.1, -0.05) is 49.9 Å². The second-order valence-corrected chi connectivity index (χ2v) is 8.34. The molecule has 1 saturated heterocycles. The number of aryl methyl sites for hydroxylation is 1. The molecule has 0 radical (unpaired) electrons. The summed E-state index contributed by atoms with van der Waals surface area (Å²) in [6, 6.07) is 15.8. The van der Waals surface area contributed by atoms with Gasteiger partial charge in [-0.25, -0.2) is 9.78 Å². The maximum atomic E-state index is 12.2. The molecule has 0 atom stereocenters. The van der Waals surface area contributed by atoms with Crippen molar-refractivity contribution in [1.82, 2.24) is 25.9 Å². The number of carbonyl (C=O) groups is 2. The maximum absolute atomic E-state index is 12.2. The van der Waals surface area contributed by atoms with E-state index >= 15 is 0 Å². The largest absolute Gasteiger partial charge is 0.353 e. The molecule has 1 fully saturated rings. The second kappa shape index (κ2) is 12.5. The number of nitrogens with zero attached hydrogens (tertiary/aromatic N) is 4. The molecule has 3 heterocycles. The third-order valence-corrected chi connectivity index (χ3v) is 5.70. The third kappa shape index (κ3) is 7.83. The average Bonchev–Trinajstić information content (AvgIpc) is 3.28. The number of amides is 3. The van der Waals surface area contributed by atoms with Crippen LogP contribution in [0.5, 0.6) is 0 Å². The van der Waals surface area contributed by atoms with Crippen molar-refractivity contribution < 1.29 is 9.59 Å². The van der Waals surface area contributed by atoms with Crippen LogP contribution >= 0.6 is 11.8 Å². The van der Waals surface area contributed by atoms with Crippen molar-refractivity contribution in [3.05, 3.63) is 71.9 Å². The lowest BCUT2D eigenvalue weighted by Crippen LogP contribution is -2.52. The lowest BCUT2D eigenvalue weighted by atomic mass is 10.2. The molecular formula is C23H29N7O2S. The molecule has 2 aliphatic rings. The molecule has 0 saturated carbocycles. The molecule has 0 spiro atoms. The van der Waals surface area contributed by atoms with E-state index in [1.54, 1.807) is 11.1 Å². The number of pyridine rings is 1. The van der Waals surface area contributed by atoms with Gasteiger partial charge in [-0.15, -0.1) is 5.10 Å². The number of rotatable bonds is 4. The summed E-state index contributed by atoms with van der Waals surface area (Å²) in [6.45, 7) is 8.42. The smallest absolute Gasteiger partial charge is 0.321 e. The molecule has 174 valence electrons. The molecule has 3 N–H and O–H groups in total. The van der Waals surface area contributed by atoms with E-state index in [9.17, 15) is 9.59 Å². The van der Waals surface area contributed by atoms with Gasteiger partial charge in [0, 0.05) is 32.4 Å². The van der Waals surface area contributed by atoms with Crippen LogP contribution in [-0.2, 0) is 11.2 Å². The lowest BCUT2D eigenvalue weighted by Gasteiger charge is -2.35. The fourth-order valence-corrected chi connectivity index (χ4v) is 3.74. The molecule has 0 unspecified atom stereocenters. The summed E-state index contributed by atoms with van der Waals surface area (Å²) >= 11 is 1.22. The van der Waals surface area contributed by atoms with Crippen LogP contribution in [0.15, 0.2) is 71.4 Å². The summed E-state index contributed by atoms with van der Waals surface area (Å²) in [5.74, 6) is 0.802. The number of aromatic nitrogens is 1. The zero-order valence-corrected chi connectivity index (χ0v) is 19.5. The molecule has 0 bridgehead atoms. The number of nitrogens with one attached hydrogen (secondary N) is 3. The quantitative estimate of drug-likeness (QED) is 0.638. The predicted octanol–water partition coefficient (Wildman–Crippen LogP) is 2.36. The van der Waals surface area contributed by atoms with Gasteiger partial charge in [0.05, 0.1) is 11.6 Å². The highest BCUT2D eigenvalue weighted by atomic mass is 32.2. The third-order valence-electron chi connectivity index (χ3n) is 4.98. The monoisotopic (exact) mass is 467 g/mol. The predicted molar refractivity (Wildman–Crippen MR) is 133 cm³/mol. The van der Waals surface area contributed by atoms with Crippen LogP contribution in [0.1, 0.15) is 12.5 Å². The van der Waals surface area contributed by atoms with E-state index in [4.69, 9.17) is 0 Å². The van der Waals surface area contributed by atoms with Crippen LogP contribution in [0.2, 0.25) is 0 Å². The van der Waals surface area contributed by atoms with Crippen LogP contribution < -0.4 is 21.0 Å². The van der Waals surface area contributed by atoms with E-state index in [0.29, 0.717) is 23.3 Å². The van der Waals surface area contributed by atoms with Gasteiger partial charge in [-0.2, -0.15) is 0 Å². The van der Waals surface area contributed by atoms with Crippen LogP contribution in [0.4, 0.5) is 10.6 Å². The molecule has 2 aromatic rings. The summed E-state index contributed by atoms with van der Waals surface area (Å²) in [4.78, 5) is 32.2. The zero-order chi connectivity index (χ0) is 23.5. The Balaban J connectivity index is 0.000000323. The highest BCUT2D eigenvalue weighted by Gasteiger charge is 2.22. The van der Waals surface area contributed by atoms with Gasteiger partial charge in [0.15, 0.2) is 5.17 Å². The summed E-state index contributed by atoms with van der Waals surface area (Å²) in [5.41, 5.74) is 4.05. The number of benzene rings is 1. The Kier molecular flexibility index (Phi) is 9.13. The Labute approximate surface area is 198 Å². The van der Waals surface area contributed by atoms with Crippen LogP contribution in [-0.4, -0.2) is 59.7 Å². The van der Waals surface area contributed by atoms with Crippen molar-refractivity contribution in [2.75, 3.05) is 37.6 Å². The number of piperazine rings is 1. The van der Waals surface area contributed by atoms with E-state index in [-0.39, 0.29) is 12.5 Å². The first-order valence-electron chi connectivity index (χ1n) is 10.8. The van der Waals surface area contributed by atoms with E-state index in [0.717, 1.165) is 25.3 Å². The minimum absolute atomic E-state index is 0.0538. The van der Waals surface area contributed by atoms with Gasteiger partial charge in [0.1, 0.15) is 5.82 Å². The number of hydrazone groups is 1. The molecule has 9 nitrogen and oxygen atoms in total. The minimum atomic E-state index is -0.469. The number of hydrogen-bond acceptors (Lipinski definition) is 7. The van der Waals surface area contributed by atoms with Crippen molar-refractivity contribution in [3.8, 4) is 0 Å². The van der Waals surface area contributed by atoms with Crippen LogP contribution in [0.25, 0.3) is 0 Å². The molecule has 3 amide bonds. The first-order chi connectivity index (χ1) is 16.0. The maximum Gasteiger partial charge on any atom is 0.321 e. The number of hydrogen-bond donors (Lipinski definition) is 3. The fraction of sp³-hybridized carbons (Fsp3) is 0.304. The summed E-state index contributed by atoms with van der Waals surface area (Å²) < 4.78 is 0. The molecule has 4 rings (SSSR count). The number of anilines is 1. The Morgan fingerprint density at radius 3 is 2.39 bits per heavy atom. The molecule has 1 aromatic carbocycles. The second-order valence-electron chi connectivity index (χ2n) is 7.26. The average molecular weight is 468 g/mol. The summed E-state index contributed by atoms with van der Waals surface area (Å²) in [5, 5.41) is 9.99. The molecule has 33 heavy (non-hydrogen) atoms. The summed E-state index contributed by atoms with van der Waals surface area (Å²) in [6.07, 6.45) is 2.90. The first kappa shape index (κ1) is 24.1. The number of urea groups is 1. The van der Waals surface area contributed by atoms with Crippen molar-refractivity contribution in [1.29, 1.82) is 0 Å². The Bertz CT molecular complexity index is 961. The van der Waals surface area contributed by atoms with Gasteiger partial charge in [-0.3, -0.25) is 15.5 Å². The summed E-state index contributed by atoms with van der Waals surface area (Å²) in [7, 11) is 0. The Hall–Kier alpha value is -3.53. The number of amidine groups is 1. The van der Waals surface area contributed by atoms with Crippen molar-refractivity contribution in [2.45, 2.75) is 13.3 Å². The lowest BCUT2D eigenvalue weighted by molar-refractivity contribution is -0.130. The van der Waals surface area contributed by atoms with Gasteiger partial charge in [0.2, 0.25) is 5.91 Å². The molecule has 0 aliphatic carbocycles. The number of carbonyl (C=O) groups excluding carboxylic acids is 2. The van der Waals surface area contributed by atoms with Crippen LogP contribution in [0.3, 0.4) is 0 Å².